The van der Waals surface area contributed by atoms with Crippen molar-refractivity contribution in [3.63, 3.8) is 0 Å². The first-order valence-electron chi connectivity index (χ1n) is 5.45. The molecular formula is C11H9FN6O. The molecule has 0 aliphatic heterocycles. The highest BCUT2D eigenvalue weighted by Gasteiger charge is 2.10. The molecule has 3 rings (SSSR count). The fourth-order valence-electron chi connectivity index (χ4n) is 1.56. The first kappa shape index (κ1) is 11.3. The van der Waals surface area contributed by atoms with Crippen molar-refractivity contribution >= 4 is 5.82 Å². The van der Waals surface area contributed by atoms with Gasteiger partial charge in [0.2, 0.25) is 0 Å². The van der Waals surface area contributed by atoms with Crippen LogP contribution in [0, 0.1) is 5.82 Å². The molecule has 0 fully saturated rings. The first-order valence-corrected chi connectivity index (χ1v) is 5.45. The number of aromatic nitrogens is 5. The zero-order chi connectivity index (χ0) is 13.2. The van der Waals surface area contributed by atoms with Crippen molar-refractivity contribution < 1.29 is 8.91 Å². The van der Waals surface area contributed by atoms with Crippen LogP contribution in [-0.2, 0) is 6.54 Å². The molecule has 0 aliphatic carbocycles. The first-order chi connectivity index (χ1) is 9.20. The second-order valence-electron chi connectivity index (χ2n) is 3.86. The van der Waals surface area contributed by atoms with Crippen molar-refractivity contribution in [2.45, 2.75) is 6.54 Å². The van der Waals surface area contributed by atoms with E-state index in [1.807, 2.05) is 0 Å². The maximum atomic E-state index is 12.8. The Bertz CT molecular complexity index is 689. The normalized spacial score (nSPS) is 10.8. The van der Waals surface area contributed by atoms with Crippen molar-refractivity contribution in [1.29, 1.82) is 0 Å². The fourth-order valence-corrected chi connectivity index (χ4v) is 1.56. The number of halogens is 1. The second-order valence-corrected chi connectivity index (χ2v) is 3.86. The molecule has 0 atom stereocenters. The Morgan fingerprint density at radius 3 is 2.74 bits per heavy atom. The minimum Gasteiger partial charge on any atom is -0.381 e. The smallest absolute Gasteiger partial charge is 0.257 e. The summed E-state index contributed by atoms with van der Waals surface area (Å²) in [5.74, 6) is 0.760. The molecule has 0 spiro atoms. The molecule has 19 heavy (non-hydrogen) atoms. The Labute approximate surface area is 106 Å². The quantitative estimate of drug-likeness (QED) is 0.757. The van der Waals surface area contributed by atoms with Gasteiger partial charge in [-0.2, -0.15) is 4.98 Å². The molecule has 0 unspecified atom stereocenters. The standard InChI is InChI=1S/C11H9FN6O/c12-8-3-1-7(2-4-8)11-14-10(16-19-11)6-18-5-9(13)15-17-18/h1-5H,6,13H2. The number of benzene rings is 1. The lowest BCUT2D eigenvalue weighted by molar-refractivity contribution is 0.418. The molecule has 0 saturated carbocycles. The van der Waals surface area contributed by atoms with Crippen LogP contribution in [0.2, 0.25) is 0 Å². The number of hydrogen-bond donors (Lipinski definition) is 1. The van der Waals surface area contributed by atoms with Crippen LogP contribution >= 0.6 is 0 Å². The predicted octanol–water partition coefficient (Wildman–Crippen LogP) is 1.10. The number of nitrogens with two attached hydrogens (primary N) is 1. The topological polar surface area (TPSA) is 95.7 Å². The largest absolute Gasteiger partial charge is 0.381 e. The average Bonchev–Trinajstić information content (AvgIpc) is 3.00. The summed E-state index contributed by atoms with van der Waals surface area (Å²) in [5, 5.41) is 11.2. The van der Waals surface area contributed by atoms with Crippen LogP contribution in [0.15, 0.2) is 35.0 Å². The third-order valence-corrected chi connectivity index (χ3v) is 2.42. The molecular weight excluding hydrogens is 251 g/mol. The lowest BCUT2D eigenvalue weighted by Gasteiger charge is -1.93. The van der Waals surface area contributed by atoms with Crippen molar-refractivity contribution in [3.05, 3.63) is 42.1 Å². The lowest BCUT2D eigenvalue weighted by atomic mass is 10.2. The van der Waals surface area contributed by atoms with Crippen LogP contribution in [0.25, 0.3) is 11.5 Å². The lowest BCUT2D eigenvalue weighted by Crippen LogP contribution is -2.02. The Kier molecular flexibility index (Phi) is 2.67. The van der Waals surface area contributed by atoms with Crippen molar-refractivity contribution in [2.75, 3.05) is 5.73 Å². The van der Waals surface area contributed by atoms with Crippen molar-refractivity contribution in [3.8, 4) is 11.5 Å². The van der Waals surface area contributed by atoms with Gasteiger partial charge in [-0.3, -0.25) is 0 Å². The fraction of sp³-hybridized carbons (Fsp3) is 0.0909. The molecule has 7 nitrogen and oxygen atoms in total. The van der Waals surface area contributed by atoms with Gasteiger partial charge in [0.15, 0.2) is 11.6 Å². The highest BCUT2D eigenvalue weighted by molar-refractivity contribution is 5.52. The van der Waals surface area contributed by atoms with E-state index < -0.39 is 0 Å². The summed E-state index contributed by atoms with van der Waals surface area (Å²) in [6.07, 6.45) is 1.56. The summed E-state index contributed by atoms with van der Waals surface area (Å²) in [5.41, 5.74) is 6.10. The predicted molar refractivity (Wildman–Crippen MR) is 63.2 cm³/mol. The van der Waals surface area contributed by atoms with Crippen LogP contribution in [-0.4, -0.2) is 25.1 Å². The molecule has 2 heterocycles. The van der Waals surface area contributed by atoms with Gasteiger partial charge in [-0.05, 0) is 24.3 Å². The Balaban J connectivity index is 1.81. The summed E-state index contributed by atoms with van der Waals surface area (Å²) >= 11 is 0. The SMILES string of the molecule is Nc1cn(Cc2noc(-c3ccc(F)cc3)n2)nn1. The summed E-state index contributed by atoms with van der Waals surface area (Å²) in [6, 6.07) is 5.80. The number of rotatable bonds is 3. The number of nitrogens with zero attached hydrogens (tertiary/aromatic N) is 5. The maximum absolute atomic E-state index is 12.8. The van der Waals surface area contributed by atoms with Crippen LogP contribution in [0.5, 0.6) is 0 Å². The van der Waals surface area contributed by atoms with Crippen molar-refractivity contribution in [1.82, 2.24) is 25.1 Å². The van der Waals surface area contributed by atoms with Gasteiger partial charge in [0.25, 0.3) is 5.89 Å². The van der Waals surface area contributed by atoms with E-state index in [0.717, 1.165) is 0 Å². The van der Waals surface area contributed by atoms with Gasteiger partial charge < -0.3 is 10.3 Å². The van der Waals surface area contributed by atoms with Gasteiger partial charge in [0.1, 0.15) is 12.4 Å². The average molecular weight is 260 g/mol. The molecule has 1 aromatic carbocycles. The van der Waals surface area contributed by atoms with E-state index in [0.29, 0.717) is 29.6 Å². The summed E-state index contributed by atoms with van der Waals surface area (Å²) in [6.45, 7) is 0.300. The van der Waals surface area contributed by atoms with E-state index in [-0.39, 0.29) is 5.82 Å². The molecule has 0 aliphatic rings. The minimum atomic E-state index is -0.318. The van der Waals surface area contributed by atoms with E-state index in [1.54, 1.807) is 18.3 Å². The molecule has 8 heteroatoms. The molecule has 0 saturated heterocycles. The van der Waals surface area contributed by atoms with Gasteiger partial charge in [-0.1, -0.05) is 10.4 Å². The van der Waals surface area contributed by atoms with Gasteiger partial charge in [0.05, 0.1) is 6.20 Å². The molecule has 2 aromatic heterocycles. The molecule has 3 aromatic rings. The van der Waals surface area contributed by atoms with E-state index in [2.05, 4.69) is 20.5 Å². The van der Waals surface area contributed by atoms with Gasteiger partial charge in [-0.25, -0.2) is 9.07 Å². The molecule has 0 bridgehead atoms. The Morgan fingerprint density at radius 1 is 1.26 bits per heavy atom. The molecule has 96 valence electrons. The highest BCUT2D eigenvalue weighted by atomic mass is 19.1. The van der Waals surface area contributed by atoms with Gasteiger partial charge >= 0.3 is 0 Å². The van der Waals surface area contributed by atoms with E-state index in [1.165, 1.54) is 16.8 Å². The number of hydrogen-bond acceptors (Lipinski definition) is 6. The summed E-state index contributed by atoms with van der Waals surface area (Å²) in [7, 11) is 0. The Morgan fingerprint density at radius 2 is 2.05 bits per heavy atom. The maximum Gasteiger partial charge on any atom is 0.257 e. The van der Waals surface area contributed by atoms with Crippen LogP contribution < -0.4 is 5.73 Å². The van der Waals surface area contributed by atoms with E-state index in [4.69, 9.17) is 10.3 Å². The van der Waals surface area contributed by atoms with Crippen LogP contribution in [0.3, 0.4) is 0 Å². The number of anilines is 1. The van der Waals surface area contributed by atoms with Crippen LogP contribution in [0.1, 0.15) is 5.82 Å². The third-order valence-electron chi connectivity index (χ3n) is 2.42. The van der Waals surface area contributed by atoms with E-state index >= 15 is 0 Å². The zero-order valence-electron chi connectivity index (χ0n) is 9.69. The number of nitrogen functional groups attached to an aromatic ring is 1. The highest BCUT2D eigenvalue weighted by Crippen LogP contribution is 2.17. The second kappa shape index (κ2) is 4.48. The zero-order valence-corrected chi connectivity index (χ0v) is 9.69. The molecule has 2 N–H and O–H groups in total. The van der Waals surface area contributed by atoms with Crippen LogP contribution in [0.4, 0.5) is 10.2 Å². The monoisotopic (exact) mass is 260 g/mol. The minimum absolute atomic E-state index is 0.300. The van der Waals surface area contributed by atoms with Crippen molar-refractivity contribution in [2.24, 2.45) is 0 Å². The van der Waals surface area contributed by atoms with Gasteiger partial charge in [-0.15, -0.1) is 5.10 Å². The molecule has 0 amide bonds. The van der Waals surface area contributed by atoms with E-state index in [9.17, 15) is 4.39 Å². The molecule has 0 radical (unpaired) electrons. The summed E-state index contributed by atoms with van der Waals surface area (Å²) < 4.78 is 19.4. The third kappa shape index (κ3) is 2.41. The Hall–Kier alpha value is -2.77. The summed E-state index contributed by atoms with van der Waals surface area (Å²) in [4.78, 5) is 4.19. The van der Waals surface area contributed by atoms with Gasteiger partial charge in [0, 0.05) is 5.56 Å².